The molecule has 4 rings (SSSR count). The molecule has 11 heteroatoms. The summed E-state index contributed by atoms with van der Waals surface area (Å²) < 4.78 is 12.2. The first kappa shape index (κ1) is 20.5. The number of carbonyl (C=O) groups is 1. The molecule has 0 unspecified atom stereocenters. The van der Waals surface area contributed by atoms with Crippen LogP contribution in [0.3, 0.4) is 0 Å². The van der Waals surface area contributed by atoms with Crippen molar-refractivity contribution in [3.63, 3.8) is 0 Å². The summed E-state index contributed by atoms with van der Waals surface area (Å²) in [7, 11) is 0. The second-order valence-corrected chi connectivity index (χ2v) is 7.52. The summed E-state index contributed by atoms with van der Waals surface area (Å²) >= 11 is 7.09. The van der Waals surface area contributed by atoms with Crippen molar-refractivity contribution >= 4 is 39.6 Å². The van der Waals surface area contributed by atoms with E-state index in [2.05, 4.69) is 4.98 Å². The average Bonchev–Trinajstić information content (AvgIpc) is 3.23. The molecule has 4 aromatic rings. The van der Waals surface area contributed by atoms with Crippen LogP contribution in [0.5, 0.6) is 11.5 Å². The predicted octanol–water partition coefficient (Wildman–Crippen LogP) is 4.47. The molecule has 0 aliphatic rings. The molecule has 156 valence electrons. The highest BCUT2D eigenvalue weighted by molar-refractivity contribution is 7.15. The number of hydrogen-bond donors (Lipinski definition) is 0. The molecule has 0 fully saturated rings. The highest BCUT2D eigenvalue weighted by Crippen LogP contribution is 2.33. The van der Waals surface area contributed by atoms with E-state index in [1.807, 2.05) is 0 Å². The molecule has 0 aliphatic carbocycles. The Morgan fingerprint density at radius 1 is 1.19 bits per heavy atom. The lowest BCUT2D eigenvalue weighted by molar-refractivity contribution is -0.385. The van der Waals surface area contributed by atoms with E-state index in [1.165, 1.54) is 64.3 Å². The zero-order valence-corrected chi connectivity index (χ0v) is 17.1. The molecular formula is C20H12ClN3O6S. The molecule has 0 radical (unpaired) electrons. The number of ether oxygens (including phenoxy) is 2. The van der Waals surface area contributed by atoms with E-state index in [9.17, 15) is 19.7 Å². The van der Waals surface area contributed by atoms with Crippen molar-refractivity contribution in [1.29, 1.82) is 0 Å². The molecule has 0 spiro atoms. The van der Waals surface area contributed by atoms with Crippen LogP contribution in [0.15, 0.2) is 64.9 Å². The van der Waals surface area contributed by atoms with Crippen molar-refractivity contribution in [2.24, 2.45) is 0 Å². The second kappa shape index (κ2) is 8.54. The number of halogens is 1. The summed E-state index contributed by atoms with van der Waals surface area (Å²) in [6.07, 6.45) is 1.62. The smallest absolute Gasteiger partial charge is 0.338 e. The first-order valence-corrected chi connectivity index (χ1v) is 10.0. The topological polar surface area (TPSA) is 113 Å². The number of fused-ring (bicyclic) bond motifs is 1. The lowest BCUT2D eigenvalue weighted by atomic mass is 10.2. The highest BCUT2D eigenvalue weighted by atomic mass is 35.5. The van der Waals surface area contributed by atoms with Crippen molar-refractivity contribution in [3.05, 3.63) is 96.9 Å². The molecule has 0 atom stereocenters. The fraction of sp³-hybridized carbons (Fsp3) is 0.0500. The Morgan fingerprint density at radius 3 is 2.71 bits per heavy atom. The fourth-order valence-electron chi connectivity index (χ4n) is 2.69. The minimum Gasteiger partial charge on any atom is -0.456 e. The average molecular weight is 458 g/mol. The van der Waals surface area contributed by atoms with Gasteiger partial charge >= 0.3 is 11.7 Å². The molecule has 0 saturated carbocycles. The Kier molecular flexibility index (Phi) is 5.65. The fourth-order valence-corrected chi connectivity index (χ4v) is 3.60. The van der Waals surface area contributed by atoms with Crippen molar-refractivity contribution in [3.8, 4) is 11.5 Å². The van der Waals surface area contributed by atoms with Crippen LogP contribution in [0.1, 0.15) is 16.1 Å². The molecular weight excluding hydrogens is 446 g/mol. The van der Waals surface area contributed by atoms with Crippen LogP contribution in [0.2, 0.25) is 5.02 Å². The normalized spacial score (nSPS) is 10.7. The van der Waals surface area contributed by atoms with Gasteiger partial charge in [0.05, 0.1) is 16.2 Å². The Hall–Kier alpha value is -3.76. The van der Waals surface area contributed by atoms with E-state index in [1.54, 1.807) is 11.6 Å². The second-order valence-electron chi connectivity index (χ2n) is 6.21. The Balaban J connectivity index is 1.43. The summed E-state index contributed by atoms with van der Waals surface area (Å²) in [6, 6.07) is 11.3. The first-order chi connectivity index (χ1) is 14.9. The monoisotopic (exact) mass is 457 g/mol. The molecule has 0 saturated heterocycles. The van der Waals surface area contributed by atoms with Crippen LogP contribution >= 0.6 is 22.9 Å². The Labute approximate surface area is 183 Å². The SMILES string of the molecule is O=C(OCc1cc(=O)n2ccsc2n1)c1ccc(Oc2ccc(Cl)cc2[N+](=O)[O-])cc1. The van der Waals surface area contributed by atoms with Crippen LogP contribution < -0.4 is 10.3 Å². The van der Waals surface area contributed by atoms with Crippen molar-refractivity contribution in [2.45, 2.75) is 6.61 Å². The Morgan fingerprint density at radius 2 is 1.97 bits per heavy atom. The van der Waals surface area contributed by atoms with Gasteiger partial charge in [0.25, 0.3) is 5.56 Å². The lowest BCUT2D eigenvalue weighted by Crippen LogP contribution is -2.14. The number of nitro groups is 1. The lowest BCUT2D eigenvalue weighted by Gasteiger charge is -2.08. The number of nitrogens with zero attached hydrogens (tertiary/aromatic N) is 3. The van der Waals surface area contributed by atoms with E-state index in [0.717, 1.165) is 0 Å². The van der Waals surface area contributed by atoms with Gasteiger partial charge in [0, 0.05) is 28.7 Å². The van der Waals surface area contributed by atoms with Gasteiger partial charge in [-0.05, 0) is 36.4 Å². The van der Waals surface area contributed by atoms with Crippen LogP contribution in [0.25, 0.3) is 4.96 Å². The van der Waals surface area contributed by atoms with Gasteiger partial charge in [-0.3, -0.25) is 19.3 Å². The third-order valence-corrected chi connectivity index (χ3v) is 5.13. The van der Waals surface area contributed by atoms with Crippen LogP contribution in [0, 0.1) is 10.1 Å². The van der Waals surface area contributed by atoms with Crippen LogP contribution in [-0.4, -0.2) is 20.3 Å². The summed E-state index contributed by atoms with van der Waals surface area (Å²) in [5, 5.41) is 13.1. The number of benzene rings is 2. The number of aromatic nitrogens is 2. The van der Waals surface area contributed by atoms with Crippen molar-refractivity contribution in [2.75, 3.05) is 0 Å². The van der Waals surface area contributed by atoms with Crippen LogP contribution in [-0.2, 0) is 11.3 Å². The third kappa shape index (κ3) is 4.55. The molecule has 31 heavy (non-hydrogen) atoms. The number of thiazole rings is 1. The zero-order valence-electron chi connectivity index (χ0n) is 15.6. The maximum atomic E-state index is 12.3. The van der Waals surface area contributed by atoms with E-state index in [4.69, 9.17) is 21.1 Å². The molecule has 9 nitrogen and oxygen atoms in total. The maximum absolute atomic E-state index is 12.3. The predicted molar refractivity (Wildman–Crippen MR) is 113 cm³/mol. The number of esters is 1. The number of nitro benzene ring substituents is 1. The quantitative estimate of drug-likeness (QED) is 0.238. The largest absolute Gasteiger partial charge is 0.456 e. The molecule has 0 bridgehead atoms. The van der Waals surface area contributed by atoms with Gasteiger partial charge in [-0.15, -0.1) is 11.3 Å². The number of rotatable bonds is 6. The van der Waals surface area contributed by atoms with Crippen molar-refractivity contribution < 1.29 is 19.2 Å². The van der Waals surface area contributed by atoms with Crippen molar-refractivity contribution in [1.82, 2.24) is 9.38 Å². The van der Waals surface area contributed by atoms with Gasteiger partial charge in [-0.2, -0.15) is 0 Å². The summed E-state index contributed by atoms with van der Waals surface area (Å²) in [6.45, 7) is -0.155. The molecule has 2 aromatic carbocycles. The molecule has 0 N–H and O–H groups in total. The van der Waals surface area contributed by atoms with E-state index >= 15 is 0 Å². The van der Waals surface area contributed by atoms with Gasteiger partial charge in [-0.25, -0.2) is 9.78 Å². The number of carbonyl (C=O) groups excluding carboxylic acids is 1. The van der Waals surface area contributed by atoms with Gasteiger partial charge in [0.15, 0.2) is 4.96 Å². The number of hydrogen-bond acceptors (Lipinski definition) is 8. The minimum atomic E-state index is -0.614. The highest BCUT2D eigenvalue weighted by Gasteiger charge is 2.17. The minimum absolute atomic E-state index is 0.0195. The first-order valence-electron chi connectivity index (χ1n) is 8.75. The molecule has 2 heterocycles. The molecule has 0 aliphatic heterocycles. The summed E-state index contributed by atoms with van der Waals surface area (Å²) in [5.41, 5.74) is 0.0554. The van der Waals surface area contributed by atoms with Gasteiger partial charge in [0.2, 0.25) is 5.75 Å². The standard InChI is InChI=1S/C20H12ClN3O6S/c21-13-3-6-17(16(9-13)24(27)28)30-15-4-1-12(2-5-15)19(26)29-11-14-10-18(25)23-7-8-31-20(23)22-14/h1-10H,11H2. The van der Waals surface area contributed by atoms with E-state index in [-0.39, 0.29) is 34.2 Å². The zero-order chi connectivity index (χ0) is 22.0. The summed E-state index contributed by atoms with van der Waals surface area (Å²) in [4.78, 5) is 39.6. The summed E-state index contributed by atoms with van der Waals surface area (Å²) in [5.74, 6) is -0.303. The third-order valence-electron chi connectivity index (χ3n) is 4.14. The van der Waals surface area contributed by atoms with Gasteiger partial charge in [0.1, 0.15) is 12.4 Å². The Bertz CT molecular complexity index is 1350. The molecule has 0 amide bonds. The maximum Gasteiger partial charge on any atom is 0.338 e. The van der Waals surface area contributed by atoms with E-state index in [0.29, 0.717) is 16.4 Å². The van der Waals surface area contributed by atoms with Gasteiger partial charge < -0.3 is 9.47 Å². The van der Waals surface area contributed by atoms with Crippen LogP contribution in [0.4, 0.5) is 5.69 Å². The van der Waals surface area contributed by atoms with E-state index < -0.39 is 10.9 Å². The molecule has 2 aromatic heterocycles. The van der Waals surface area contributed by atoms with Gasteiger partial charge in [-0.1, -0.05) is 11.6 Å².